The standard InChI is InChI=1S/C16H12O6/c1-21-9-5-12(19)16-13(20)7-14(22-15(16)6-9)8-2-3-10(17)11(18)4-8/h2-7,17-19H,1H3. The minimum atomic E-state index is -0.427. The van der Waals surface area contributed by atoms with Crippen LogP contribution < -0.4 is 10.2 Å². The van der Waals surface area contributed by atoms with Crippen LogP contribution in [0.2, 0.25) is 0 Å². The average molecular weight is 300 g/mol. The number of aromatic hydroxyl groups is 3. The highest BCUT2D eigenvalue weighted by Gasteiger charge is 2.13. The van der Waals surface area contributed by atoms with Crippen molar-refractivity contribution in [3.63, 3.8) is 0 Å². The topological polar surface area (TPSA) is 100 Å². The van der Waals surface area contributed by atoms with Crippen molar-refractivity contribution in [1.82, 2.24) is 0 Å². The normalized spacial score (nSPS) is 10.8. The molecule has 0 aliphatic rings. The lowest BCUT2D eigenvalue weighted by atomic mass is 10.1. The van der Waals surface area contributed by atoms with Gasteiger partial charge >= 0.3 is 0 Å². The number of benzene rings is 2. The van der Waals surface area contributed by atoms with Gasteiger partial charge in [-0.2, -0.15) is 0 Å². The summed E-state index contributed by atoms with van der Waals surface area (Å²) >= 11 is 0. The van der Waals surface area contributed by atoms with Gasteiger partial charge in [0.15, 0.2) is 16.9 Å². The van der Waals surface area contributed by atoms with Crippen molar-refractivity contribution in [2.75, 3.05) is 7.11 Å². The zero-order valence-corrected chi connectivity index (χ0v) is 11.5. The molecule has 6 heteroatoms. The second-order valence-electron chi connectivity index (χ2n) is 4.70. The van der Waals surface area contributed by atoms with Gasteiger partial charge in [-0.15, -0.1) is 0 Å². The van der Waals surface area contributed by atoms with E-state index >= 15 is 0 Å². The van der Waals surface area contributed by atoms with Crippen LogP contribution in [0.1, 0.15) is 0 Å². The van der Waals surface area contributed by atoms with Gasteiger partial charge in [0.1, 0.15) is 28.2 Å². The maximum atomic E-state index is 12.2. The highest BCUT2D eigenvalue weighted by atomic mass is 16.5. The summed E-state index contributed by atoms with van der Waals surface area (Å²) < 4.78 is 10.6. The molecular formula is C16H12O6. The summed E-state index contributed by atoms with van der Waals surface area (Å²) in [6.07, 6.45) is 0. The van der Waals surface area contributed by atoms with E-state index in [0.717, 1.165) is 0 Å². The lowest BCUT2D eigenvalue weighted by Crippen LogP contribution is -2.01. The van der Waals surface area contributed by atoms with Gasteiger partial charge in [-0.3, -0.25) is 4.79 Å². The number of methoxy groups -OCH3 is 1. The van der Waals surface area contributed by atoms with Gasteiger partial charge in [-0.25, -0.2) is 0 Å². The van der Waals surface area contributed by atoms with Gasteiger partial charge in [0, 0.05) is 23.8 Å². The molecule has 2 aromatic carbocycles. The van der Waals surface area contributed by atoms with Gasteiger partial charge in [0.2, 0.25) is 0 Å². The molecule has 3 rings (SSSR count). The number of phenols is 3. The molecule has 1 heterocycles. The van der Waals surface area contributed by atoms with E-state index in [2.05, 4.69) is 0 Å². The molecule has 6 nitrogen and oxygen atoms in total. The molecule has 0 saturated heterocycles. The van der Waals surface area contributed by atoms with Crippen LogP contribution in [0.3, 0.4) is 0 Å². The van der Waals surface area contributed by atoms with Crippen molar-refractivity contribution < 1.29 is 24.5 Å². The summed E-state index contributed by atoms with van der Waals surface area (Å²) in [5, 5.41) is 28.8. The van der Waals surface area contributed by atoms with Crippen LogP contribution in [0.25, 0.3) is 22.3 Å². The molecule has 0 aliphatic heterocycles. The van der Waals surface area contributed by atoms with Crippen LogP contribution in [0.5, 0.6) is 23.0 Å². The maximum Gasteiger partial charge on any atom is 0.197 e. The van der Waals surface area contributed by atoms with Gasteiger partial charge in [-0.05, 0) is 18.2 Å². The van der Waals surface area contributed by atoms with E-state index in [1.165, 1.54) is 43.5 Å². The van der Waals surface area contributed by atoms with Crippen molar-refractivity contribution >= 4 is 11.0 Å². The minimum absolute atomic E-state index is 0.0487. The molecule has 112 valence electrons. The summed E-state index contributed by atoms with van der Waals surface area (Å²) in [5.41, 5.74) is 0.146. The van der Waals surface area contributed by atoms with Crippen molar-refractivity contribution in [3.05, 3.63) is 46.6 Å². The van der Waals surface area contributed by atoms with E-state index in [1.807, 2.05) is 0 Å². The van der Waals surface area contributed by atoms with E-state index in [-0.39, 0.29) is 34.0 Å². The van der Waals surface area contributed by atoms with Crippen molar-refractivity contribution in [2.45, 2.75) is 0 Å². The molecule has 0 saturated carbocycles. The van der Waals surface area contributed by atoms with Crippen LogP contribution in [-0.2, 0) is 0 Å². The summed E-state index contributed by atoms with van der Waals surface area (Å²) in [5.74, 6) is -0.289. The number of hydrogen-bond acceptors (Lipinski definition) is 6. The van der Waals surface area contributed by atoms with E-state index in [0.29, 0.717) is 11.3 Å². The number of ether oxygens (including phenoxy) is 1. The largest absolute Gasteiger partial charge is 0.507 e. The Kier molecular flexibility index (Phi) is 3.14. The second kappa shape index (κ2) is 5.00. The van der Waals surface area contributed by atoms with Crippen molar-refractivity contribution in [2.24, 2.45) is 0 Å². The SMILES string of the molecule is COc1cc(O)c2c(=O)cc(-c3ccc(O)c(O)c3)oc2c1. The molecule has 0 unspecified atom stereocenters. The molecule has 0 atom stereocenters. The molecule has 0 radical (unpaired) electrons. The Hall–Kier alpha value is -3.15. The van der Waals surface area contributed by atoms with Gasteiger partial charge in [-0.1, -0.05) is 0 Å². The first kappa shape index (κ1) is 13.8. The third-order valence-corrected chi connectivity index (χ3v) is 3.28. The second-order valence-corrected chi connectivity index (χ2v) is 4.70. The van der Waals surface area contributed by atoms with E-state index in [1.54, 1.807) is 0 Å². The zero-order valence-electron chi connectivity index (χ0n) is 11.5. The van der Waals surface area contributed by atoms with Crippen LogP contribution in [0.4, 0.5) is 0 Å². The highest BCUT2D eigenvalue weighted by molar-refractivity contribution is 5.86. The summed E-state index contributed by atoms with van der Waals surface area (Å²) in [6.45, 7) is 0. The van der Waals surface area contributed by atoms with Crippen LogP contribution in [0.15, 0.2) is 45.6 Å². The average Bonchev–Trinajstić information content (AvgIpc) is 2.49. The Morgan fingerprint density at radius 2 is 1.73 bits per heavy atom. The number of rotatable bonds is 2. The fourth-order valence-corrected chi connectivity index (χ4v) is 2.18. The Labute approximate surface area is 124 Å². The molecule has 0 bridgehead atoms. The first-order chi connectivity index (χ1) is 10.5. The zero-order chi connectivity index (χ0) is 15.9. The molecule has 0 amide bonds. The van der Waals surface area contributed by atoms with Crippen LogP contribution in [-0.4, -0.2) is 22.4 Å². The van der Waals surface area contributed by atoms with Gasteiger partial charge < -0.3 is 24.5 Å². The molecule has 22 heavy (non-hydrogen) atoms. The molecule has 0 spiro atoms. The Morgan fingerprint density at radius 1 is 0.955 bits per heavy atom. The molecule has 3 N–H and O–H groups in total. The predicted molar refractivity (Wildman–Crippen MR) is 79.5 cm³/mol. The maximum absolute atomic E-state index is 12.2. The van der Waals surface area contributed by atoms with Gasteiger partial charge in [0.25, 0.3) is 0 Å². The first-order valence-corrected chi connectivity index (χ1v) is 6.37. The highest BCUT2D eigenvalue weighted by Crippen LogP contribution is 2.33. The fraction of sp³-hybridized carbons (Fsp3) is 0.0625. The smallest absolute Gasteiger partial charge is 0.197 e. The third-order valence-electron chi connectivity index (χ3n) is 3.28. The van der Waals surface area contributed by atoms with E-state index in [4.69, 9.17) is 9.15 Å². The number of phenolic OH excluding ortho intramolecular Hbond substituents is 3. The third kappa shape index (κ3) is 2.20. The molecule has 3 aromatic rings. The van der Waals surface area contributed by atoms with Crippen LogP contribution >= 0.6 is 0 Å². The Balaban J connectivity index is 2.27. The van der Waals surface area contributed by atoms with Crippen LogP contribution in [0, 0.1) is 0 Å². The number of hydrogen-bond donors (Lipinski definition) is 3. The molecular weight excluding hydrogens is 288 g/mol. The lowest BCUT2D eigenvalue weighted by Gasteiger charge is -2.07. The molecule has 0 aliphatic carbocycles. The predicted octanol–water partition coefficient (Wildman–Crippen LogP) is 2.59. The minimum Gasteiger partial charge on any atom is -0.507 e. The quantitative estimate of drug-likeness (QED) is 0.629. The Morgan fingerprint density at radius 3 is 2.41 bits per heavy atom. The first-order valence-electron chi connectivity index (χ1n) is 6.37. The summed E-state index contributed by atoms with van der Waals surface area (Å²) in [6, 6.07) is 8.09. The fourth-order valence-electron chi connectivity index (χ4n) is 2.18. The van der Waals surface area contributed by atoms with E-state index < -0.39 is 5.43 Å². The monoisotopic (exact) mass is 300 g/mol. The molecule has 1 aromatic heterocycles. The van der Waals surface area contributed by atoms with Crippen molar-refractivity contribution in [1.29, 1.82) is 0 Å². The summed E-state index contributed by atoms with van der Waals surface area (Å²) in [4.78, 5) is 12.2. The summed E-state index contributed by atoms with van der Waals surface area (Å²) in [7, 11) is 1.43. The van der Waals surface area contributed by atoms with Gasteiger partial charge in [0.05, 0.1) is 7.11 Å². The molecule has 0 fully saturated rings. The number of fused-ring (bicyclic) bond motifs is 1. The Bertz CT molecular complexity index is 926. The van der Waals surface area contributed by atoms with E-state index in [9.17, 15) is 20.1 Å². The van der Waals surface area contributed by atoms with Crippen molar-refractivity contribution in [3.8, 4) is 34.3 Å². The lowest BCUT2D eigenvalue weighted by molar-refractivity contribution is 0.403.